The summed E-state index contributed by atoms with van der Waals surface area (Å²) in [4.78, 5) is 15.9. The lowest BCUT2D eigenvalue weighted by molar-refractivity contribution is -0.0394. The van der Waals surface area contributed by atoms with E-state index in [0.717, 1.165) is 54.4 Å². The quantitative estimate of drug-likeness (QED) is 0.386. The summed E-state index contributed by atoms with van der Waals surface area (Å²) in [5.41, 5.74) is 3.23. The fourth-order valence-electron chi connectivity index (χ4n) is 5.55. The number of hydrogen-bond donors (Lipinski definition) is 2. The van der Waals surface area contributed by atoms with Crippen molar-refractivity contribution in [2.24, 2.45) is 5.92 Å². The molecule has 0 aromatic heterocycles. The summed E-state index contributed by atoms with van der Waals surface area (Å²) in [5, 5.41) is 13.4. The number of methoxy groups -OCH3 is 2. The molecule has 2 heterocycles. The van der Waals surface area contributed by atoms with E-state index >= 15 is 0 Å². The lowest BCUT2D eigenvalue weighted by atomic mass is 9.78. The molecule has 1 fully saturated rings. The van der Waals surface area contributed by atoms with Gasteiger partial charge < -0.3 is 39.2 Å². The number of nitrogens with zero attached hydrogens (tertiary/aromatic N) is 2. The Bertz CT molecular complexity index is 1060. The van der Waals surface area contributed by atoms with Gasteiger partial charge in [0.2, 0.25) is 0 Å². The second-order valence-corrected chi connectivity index (χ2v) is 10.6. The maximum atomic E-state index is 12.1. The minimum Gasteiger partial charge on any atom is -0.497 e. The van der Waals surface area contributed by atoms with E-state index in [-0.39, 0.29) is 17.9 Å². The normalized spacial score (nSPS) is 21.0. The topological polar surface area (TPSA) is 92.7 Å². The van der Waals surface area contributed by atoms with Gasteiger partial charge in [-0.15, -0.1) is 0 Å². The molecule has 9 heteroatoms. The number of benzene rings is 2. The van der Waals surface area contributed by atoms with E-state index in [1.165, 1.54) is 4.90 Å². The molecule has 2 aliphatic rings. The molecule has 4 rings (SSSR count). The molecule has 2 N–H and O–H groups in total. The molecule has 2 aliphatic heterocycles. The Morgan fingerprint density at radius 2 is 1.95 bits per heavy atom. The highest BCUT2D eigenvalue weighted by Crippen LogP contribution is 2.37. The molecule has 0 bridgehead atoms. The van der Waals surface area contributed by atoms with E-state index in [1.807, 2.05) is 24.3 Å². The zero-order valence-electron chi connectivity index (χ0n) is 23.6. The van der Waals surface area contributed by atoms with Crippen molar-refractivity contribution in [1.82, 2.24) is 10.2 Å². The Hall–Kier alpha value is -3.01. The van der Waals surface area contributed by atoms with Gasteiger partial charge in [-0.2, -0.15) is 0 Å². The third-order valence-corrected chi connectivity index (χ3v) is 7.55. The van der Waals surface area contributed by atoms with Gasteiger partial charge in [-0.25, -0.2) is 4.79 Å². The first kappa shape index (κ1) is 29.0. The Morgan fingerprint density at radius 1 is 1.15 bits per heavy atom. The van der Waals surface area contributed by atoms with Crippen molar-refractivity contribution in [2.75, 3.05) is 65.1 Å². The highest BCUT2D eigenvalue weighted by atomic mass is 16.5. The predicted octanol–water partition coefficient (Wildman–Crippen LogP) is 4.21. The summed E-state index contributed by atoms with van der Waals surface area (Å²) in [6, 6.07) is 14.6. The first-order valence-corrected chi connectivity index (χ1v) is 13.9. The number of carbonyl (C=O) groups is 1. The summed E-state index contributed by atoms with van der Waals surface area (Å²) in [7, 11) is 3.38. The van der Waals surface area contributed by atoms with Gasteiger partial charge in [-0.3, -0.25) is 0 Å². The highest BCUT2D eigenvalue weighted by Gasteiger charge is 2.40. The van der Waals surface area contributed by atoms with Gasteiger partial charge in [0.15, 0.2) is 0 Å². The number of anilines is 1. The molecule has 0 spiro atoms. The van der Waals surface area contributed by atoms with Crippen molar-refractivity contribution in [3.8, 4) is 11.5 Å². The standard InChI is InChI=1S/C30H43N3O6/c1-21(2)31-17-24-18-33(30(34)35)19-28(29(24)23-7-9-25(37-4)10-8-23)39-20-22-6-11-27-26(16-22)32(13-15-38-27)12-5-14-36-3/h6-11,16,21,24,28-29,31H,5,12-15,17-20H2,1-4H3,(H,34,35)/t24-,28+,29+/m1/s1. The lowest BCUT2D eigenvalue weighted by Gasteiger charge is -2.43. The van der Waals surface area contributed by atoms with Gasteiger partial charge >= 0.3 is 6.09 Å². The monoisotopic (exact) mass is 541 g/mol. The zero-order valence-corrected chi connectivity index (χ0v) is 23.6. The smallest absolute Gasteiger partial charge is 0.407 e. The summed E-state index contributed by atoms with van der Waals surface area (Å²) in [5.74, 6) is 1.77. The Morgan fingerprint density at radius 3 is 2.64 bits per heavy atom. The molecule has 39 heavy (non-hydrogen) atoms. The molecule has 9 nitrogen and oxygen atoms in total. The Labute approximate surface area is 232 Å². The maximum Gasteiger partial charge on any atom is 0.407 e. The van der Waals surface area contributed by atoms with Gasteiger partial charge in [-0.1, -0.05) is 32.0 Å². The van der Waals surface area contributed by atoms with Crippen LogP contribution in [0.3, 0.4) is 0 Å². The first-order valence-electron chi connectivity index (χ1n) is 13.9. The van der Waals surface area contributed by atoms with Crippen LogP contribution in [0.5, 0.6) is 11.5 Å². The highest BCUT2D eigenvalue weighted by molar-refractivity contribution is 5.65. The van der Waals surface area contributed by atoms with Crippen molar-refractivity contribution in [3.05, 3.63) is 53.6 Å². The van der Waals surface area contributed by atoms with Crippen LogP contribution in [0, 0.1) is 5.92 Å². The van der Waals surface area contributed by atoms with E-state index in [0.29, 0.717) is 38.9 Å². The number of ether oxygens (including phenoxy) is 4. The second kappa shape index (κ2) is 13.9. The number of carboxylic acid groups (broad SMARTS) is 1. The molecule has 2 aromatic carbocycles. The minimum atomic E-state index is -0.913. The van der Waals surface area contributed by atoms with Crippen LogP contribution in [0.1, 0.15) is 37.3 Å². The number of hydrogen-bond acceptors (Lipinski definition) is 7. The molecule has 3 atom stereocenters. The average molecular weight is 542 g/mol. The molecule has 214 valence electrons. The van der Waals surface area contributed by atoms with Crippen LogP contribution in [-0.2, 0) is 16.1 Å². The number of likely N-dealkylation sites (tertiary alicyclic amines) is 1. The number of fused-ring (bicyclic) bond motifs is 1. The van der Waals surface area contributed by atoms with Gasteiger partial charge in [0, 0.05) is 45.3 Å². The van der Waals surface area contributed by atoms with Crippen molar-refractivity contribution in [3.63, 3.8) is 0 Å². The van der Waals surface area contributed by atoms with Gasteiger partial charge in [-0.05, 0) is 47.7 Å². The van der Waals surface area contributed by atoms with E-state index in [4.69, 9.17) is 18.9 Å². The summed E-state index contributed by atoms with van der Waals surface area (Å²) in [6.45, 7) is 9.18. The SMILES string of the molecule is COCCCN1CCOc2ccc(CO[C@H]3CN(C(=O)O)C[C@@H](CNC(C)C)[C@@H]3c3ccc(OC)cc3)cc21. The van der Waals surface area contributed by atoms with Crippen LogP contribution in [0.15, 0.2) is 42.5 Å². The Kier molecular flexibility index (Phi) is 10.3. The molecule has 0 radical (unpaired) electrons. The van der Waals surface area contributed by atoms with Crippen molar-refractivity contribution < 1.29 is 28.8 Å². The van der Waals surface area contributed by atoms with Crippen LogP contribution in [-0.4, -0.2) is 88.4 Å². The molecule has 0 saturated carbocycles. The van der Waals surface area contributed by atoms with Crippen LogP contribution >= 0.6 is 0 Å². The summed E-state index contributed by atoms with van der Waals surface area (Å²) in [6.07, 6.45) is -0.268. The van der Waals surface area contributed by atoms with Gasteiger partial charge in [0.1, 0.15) is 18.1 Å². The van der Waals surface area contributed by atoms with E-state index in [2.05, 4.69) is 42.3 Å². The van der Waals surface area contributed by atoms with Gasteiger partial charge in [0.05, 0.1) is 38.6 Å². The molecule has 1 saturated heterocycles. The van der Waals surface area contributed by atoms with Crippen molar-refractivity contribution in [1.29, 1.82) is 0 Å². The van der Waals surface area contributed by atoms with Crippen molar-refractivity contribution >= 4 is 11.8 Å². The minimum absolute atomic E-state index is 0.0317. The maximum absolute atomic E-state index is 12.1. The summed E-state index contributed by atoms with van der Waals surface area (Å²) < 4.78 is 23.1. The number of nitrogens with one attached hydrogen (secondary N) is 1. The van der Waals surface area contributed by atoms with Crippen molar-refractivity contribution in [2.45, 2.75) is 44.9 Å². The molecule has 0 aliphatic carbocycles. The van der Waals surface area contributed by atoms with E-state index < -0.39 is 6.09 Å². The van der Waals surface area contributed by atoms with E-state index in [1.54, 1.807) is 14.2 Å². The van der Waals surface area contributed by atoms with Crippen LogP contribution in [0.2, 0.25) is 0 Å². The molecular weight excluding hydrogens is 498 g/mol. The largest absolute Gasteiger partial charge is 0.497 e. The molecular formula is C30H43N3O6. The fourth-order valence-corrected chi connectivity index (χ4v) is 5.55. The van der Waals surface area contributed by atoms with Crippen LogP contribution in [0.4, 0.5) is 10.5 Å². The molecule has 1 amide bonds. The lowest BCUT2D eigenvalue weighted by Crippen LogP contribution is -2.53. The zero-order chi connectivity index (χ0) is 27.8. The second-order valence-electron chi connectivity index (χ2n) is 10.6. The Balaban J connectivity index is 1.56. The van der Waals surface area contributed by atoms with E-state index in [9.17, 15) is 9.90 Å². The number of rotatable bonds is 12. The fraction of sp³-hybridized carbons (Fsp3) is 0.567. The molecule has 0 unspecified atom stereocenters. The molecule has 2 aromatic rings. The third-order valence-electron chi connectivity index (χ3n) is 7.55. The first-order chi connectivity index (χ1) is 18.9. The third kappa shape index (κ3) is 7.56. The average Bonchev–Trinajstić information content (AvgIpc) is 2.94. The van der Waals surface area contributed by atoms with Gasteiger partial charge in [0.25, 0.3) is 0 Å². The number of amides is 1. The summed E-state index contributed by atoms with van der Waals surface area (Å²) >= 11 is 0. The van der Waals surface area contributed by atoms with Crippen LogP contribution < -0.4 is 19.7 Å². The predicted molar refractivity (Wildman–Crippen MR) is 151 cm³/mol. The number of piperidine rings is 1. The van der Waals surface area contributed by atoms with Crippen LogP contribution in [0.25, 0.3) is 0 Å².